The maximum Gasteiger partial charge on any atom is 0.257 e. The molecule has 9 heteroatoms. The van der Waals surface area contributed by atoms with Crippen LogP contribution in [0.25, 0.3) is 16.7 Å². The maximum atomic E-state index is 12.8. The second kappa shape index (κ2) is 10.8. The van der Waals surface area contributed by atoms with Crippen molar-refractivity contribution in [1.29, 1.82) is 0 Å². The van der Waals surface area contributed by atoms with E-state index >= 15 is 0 Å². The first-order chi connectivity index (χ1) is 17.9. The molecule has 0 unspecified atom stereocenters. The predicted molar refractivity (Wildman–Crippen MR) is 150 cm³/mol. The molecule has 0 aliphatic rings. The van der Waals surface area contributed by atoms with E-state index in [4.69, 9.17) is 28.6 Å². The lowest BCUT2D eigenvalue weighted by atomic mass is 10.2. The molecular weight excluding hydrogens is 506 g/mol. The van der Waals surface area contributed by atoms with E-state index < -0.39 is 0 Å². The molecular formula is C28H22ClN5O2S. The van der Waals surface area contributed by atoms with Gasteiger partial charge >= 0.3 is 0 Å². The molecule has 1 aromatic heterocycles. The molecule has 5 rings (SSSR count). The van der Waals surface area contributed by atoms with E-state index in [1.54, 1.807) is 41.2 Å². The molecule has 0 bridgehead atoms. The van der Waals surface area contributed by atoms with Crippen LogP contribution in [-0.2, 0) is 6.61 Å². The quantitative estimate of drug-likeness (QED) is 0.260. The highest BCUT2D eigenvalue weighted by Gasteiger charge is 2.13. The third-order valence-corrected chi connectivity index (χ3v) is 6.07. The Kier molecular flexibility index (Phi) is 7.11. The molecule has 0 radical (unpaired) electrons. The Bertz CT molecular complexity index is 1590. The standard InChI is InChI=1S/C28H22ClN5O2S/c1-18-10-12-21(13-11-18)34-32-25-15-23(29)24(16-26(25)33-34)30-28(37)31-27(35)20-8-5-9-22(14-20)36-17-19-6-3-2-4-7-19/h2-16H,17H2,1H3,(H2,30,31,35,37). The first-order valence-electron chi connectivity index (χ1n) is 11.5. The third-order valence-electron chi connectivity index (χ3n) is 5.55. The molecule has 0 fully saturated rings. The fourth-order valence-electron chi connectivity index (χ4n) is 3.62. The van der Waals surface area contributed by atoms with Gasteiger partial charge in [0.1, 0.15) is 23.4 Å². The number of amides is 1. The minimum absolute atomic E-state index is 0.104. The average molecular weight is 528 g/mol. The van der Waals surface area contributed by atoms with Gasteiger partial charge in [0.15, 0.2) is 5.11 Å². The molecule has 0 aliphatic carbocycles. The Hall–Kier alpha value is -4.27. The molecule has 7 nitrogen and oxygen atoms in total. The number of hydrogen-bond donors (Lipinski definition) is 2. The smallest absolute Gasteiger partial charge is 0.257 e. The van der Waals surface area contributed by atoms with Crippen molar-refractivity contribution >= 4 is 51.6 Å². The van der Waals surface area contributed by atoms with Crippen LogP contribution in [-0.4, -0.2) is 26.0 Å². The summed E-state index contributed by atoms with van der Waals surface area (Å²) in [5.74, 6) is 0.214. The van der Waals surface area contributed by atoms with Crippen LogP contribution in [0.5, 0.6) is 5.75 Å². The number of carbonyl (C=O) groups excluding carboxylic acids is 1. The number of thiocarbonyl (C=S) groups is 1. The Morgan fingerprint density at radius 3 is 2.43 bits per heavy atom. The highest BCUT2D eigenvalue weighted by atomic mass is 35.5. The van der Waals surface area contributed by atoms with Gasteiger partial charge in [-0.1, -0.05) is 65.7 Å². The number of halogens is 1. The number of nitrogens with one attached hydrogen (secondary N) is 2. The van der Waals surface area contributed by atoms with E-state index in [0.717, 1.165) is 16.8 Å². The van der Waals surface area contributed by atoms with Crippen LogP contribution in [0.15, 0.2) is 91.0 Å². The number of hydrogen-bond acceptors (Lipinski definition) is 5. The number of fused-ring (bicyclic) bond motifs is 1. The predicted octanol–water partition coefficient (Wildman–Crippen LogP) is 6.09. The molecule has 1 amide bonds. The zero-order chi connectivity index (χ0) is 25.8. The van der Waals surface area contributed by atoms with Crippen molar-refractivity contribution in [2.24, 2.45) is 0 Å². The summed E-state index contributed by atoms with van der Waals surface area (Å²) in [7, 11) is 0. The summed E-state index contributed by atoms with van der Waals surface area (Å²) in [5, 5.41) is 15.2. The van der Waals surface area contributed by atoms with Crippen molar-refractivity contribution in [3.05, 3.63) is 113 Å². The van der Waals surface area contributed by atoms with Gasteiger partial charge in [-0.15, -0.1) is 10.2 Å². The van der Waals surface area contributed by atoms with Gasteiger partial charge in [-0.05, 0) is 67.2 Å². The number of rotatable bonds is 6. The largest absolute Gasteiger partial charge is 0.489 e. The molecule has 184 valence electrons. The van der Waals surface area contributed by atoms with Gasteiger partial charge in [0.2, 0.25) is 0 Å². The average Bonchev–Trinajstić information content (AvgIpc) is 3.31. The van der Waals surface area contributed by atoms with Gasteiger partial charge < -0.3 is 10.1 Å². The molecule has 37 heavy (non-hydrogen) atoms. The summed E-state index contributed by atoms with van der Waals surface area (Å²) in [5.41, 5.74) is 5.22. The number of benzene rings is 4. The Morgan fingerprint density at radius 2 is 1.68 bits per heavy atom. The van der Waals surface area contributed by atoms with E-state index in [1.165, 1.54) is 0 Å². The first-order valence-corrected chi connectivity index (χ1v) is 12.3. The van der Waals surface area contributed by atoms with Crippen LogP contribution >= 0.6 is 23.8 Å². The van der Waals surface area contributed by atoms with Gasteiger partial charge in [-0.3, -0.25) is 10.1 Å². The lowest BCUT2D eigenvalue weighted by Gasteiger charge is -2.12. The molecule has 0 atom stereocenters. The van der Waals surface area contributed by atoms with Crippen LogP contribution in [0.3, 0.4) is 0 Å². The first kappa shape index (κ1) is 24.4. The van der Waals surface area contributed by atoms with Gasteiger partial charge in [0.05, 0.1) is 16.4 Å². The molecule has 0 aliphatic heterocycles. The van der Waals surface area contributed by atoms with Crippen LogP contribution in [0.4, 0.5) is 5.69 Å². The van der Waals surface area contributed by atoms with Crippen LogP contribution in [0, 0.1) is 6.92 Å². The van der Waals surface area contributed by atoms with Crippen molar-refractivity contribution in [3.63, 3.8) is 0 Å². The monoisotopic (exact) mass is 527 g/mol. The minimum Gasteiger partial charge on any atom is -0.489 e. The van der Waals surface area contributed by atoms with Gasteiger partial charge in [0.25, 0.3) is 5.91 Å². The molecule has 0 spiro atoms. The Balaban J connectivity index is 1.25. The zero-order valence-electron chi connectivity index (χ0n) is 19.8. The minimum atomic E-state index is -0.370. The highest BCUT2D eigenvalue weighted by Crippen LogP contribution is 2.27. The summed E-state index contributed by atoms with van der Waals surface area (Å²) in [4.78, 5) is 14.4. The fourth-order valence-corrected chi connectivity index (χ4v) is 4.03. The highest BCUT2D eigenvalue weighted by molar-refractivity contribution is 7.80. The molecule has 2 N–H and O–H groups in total. The fraction of sp³-hybridized carbons (Fsp3) is 0.0714. The lowest BCUT2D eigenvalue weighted by Crippen LogP contribution is -2.34. The second-order valence-corrected chi connectivity index (χ2v) is 9.17. The van der Waals surface area contributed by atoms with Crippen molar-refractivity contribution in [2.45, 2.75) is 13.5 Å². The van der Waals surface area contributed by atoms with Crippen molar-refractivity contribution < 1.29 is 9.53 Å². The van der Waals surface area contributed by atoms with E-state index in [9.17, 15) is 4.79 Å². The van der Waals surface area contributed by atoms with Gasteiger partial charge in [-0.2, -0.15) is 4.80 Å². The topological polar surface area (TPSA) is 81.1 Å². The molecule has 5 aromatic rings. The third kappa shape index (κ3) is 5.94. The van der Waals surface area contributed by atoms with E-state index in [0.29, 0.717) is 39.7 Å². The number of aromatic nitrogens is 3. The van der Waals surface area contributed by atoms with Crippen LogP contribution in [0.2, 0.25) is 5.02 Å². The lowest BCUT2D eigenvalue weighted by molar-refractivity contribution is 0.0977. The number of anilines is 1. The van der Waals surface area contributed by atoms with Crippen LogP contribution in [0.1, 0.15) is 21.5 Å². The summed E-state index contributed by atoms with van der Waals surface area (Å²) in [6.45, 7) is 2.42. The van der Waals surface area contributed by atoms with E-state index in [2.05, 4.69) is 20.8 Å². The molecule has 4 aromatic carbocycles. The van der Waals surface area contributed by atoms with Crippen molar-refractivity contribution in [3.8, 4) is 11.4 Å². The molecule has 1 heterocycles. The number of ether oxygens (including phenoxy) is 1. The van der Waals surface area contributed by atoms with Crippen LogP contribution < -0.4 is 15.4 Å². The summed E-state index contributed by atoms with van der Waals surface area (Å²) in [6.07, 6.45) is 0. The maximum absolute atomic E-state index is 12.8. The number of aryl methyl sites for hydroxylation is 1. The summed E-state index contributed by atoms with van der Waals surface area (Å²) in [6, 6.07) is 28.1. The van der Waals surface area contributed by atoms with Crippen molar-refractivity contribution in [2.75, 3.05) is 5.32 Å². The molecule has 0 saturated heterocycles. The van der Waals surface area contributed by atoms with Crippen molar-refractivity contribution in [1.82, 2.24) is 20.3 Å². The van der Waals surface area contributed by atoms with Gasteiger partial charge in [-0.25, -0.2) is 0 Å². The Labute approximate surface area is 224 Å². The Morgan fingerprint density at radius 1 is 0.946 bits per heavy atom. The van der Waals surface area contributed by atoms with E-state index in [-0.39, 0.29) is 11.0 Å². The second-order valence-electron chi connectivity index (χ2n) is 8.36. The number of nitrogens with zero attached hydrogens (tertiary/aromatic N) is 3. The van der Waals surface area contributed by atoms with E-state index in [1.807, 2.05) is 61.5 Å². The normalized spacial score (nSPS) is 10.8. The SMILES string of the molecule is Cc1ccc(-n2nc3cc(Cl)c(NC(=S)NC(=O)c4cccc(OCc5ccccc5)c4)cc3n2)cc1. The zero-order valence-corrected chi connectivity index (χ0v) is 21.4. The summed E-state index contributed by atoms with van der Waals surface area (Å²) >= 11 is 11.8. The summed E-state index contributed by atoms with van der Waals surface area (Å²) < 4.78 is 5.82. The molecule has 0 saturated carbocycles. The number of carbonyl (C=O) groups is 1. The van der Waals surface area contributed by atoms with Gasteiger partial charge in [0, 0.05) is 5.56 Å².